The minimum absolute atomic E-state index is 0.317. The molecular weight excluding hydrogens is 209 g/mol. The second kappa shape index (κ2) is 4.22. The number of rotatable bonds is 1. The SMILES string of the molecule is COC(=O)C1CCc2ccc(F)cc2C1N. The average Bonchev–Trinajstić information content (AvgIpc) is 2.29. The number of hydrogen-bond acceptors (Lipinski definition) is 3. The summed E-state index contributed by atoms with van der Waals surface area (Å²) in [5, 5.41) is 0. The maximum absolute atomic E-state index is 13.1. The van der Waals surface area contributed by atoms with E-state index >= 15 is 0 Å². The van der Waals surface area contributed by atoms with Crippen molar-refractivity contribution < 1.29 is 13.9 Å². The molecule has 1 aromatic rings. The molecule has 0 aromatic heterocycles. The highest BCUT2D eigenvalue weighted by Gasteiger charge is 2.32. The average molecular weight is 223 g/mol. The van der Waals surface area contributed by atoms with Crippen LogP contribution in [-0.4, -0.2) is 13.1 Å². The summed E-state index contributed by atoms with van der Waals surface area (Å²) in [6, 6.07) is 4.10. The molecule has 2 unspecified atom stereocenters. The van der Waals surface area contributed by atoms with E-state index < -0.39 is 6.04 Å². The van der Waals surface area contributed by atoms with Crippen molar-refractivity contribution in [2.45, 2.75) is 18.9 Å². The largest absolute Gasteiger partial charge is 0.469 e. The van der Waals surface area contributed by atoms with Crippen molar-refractivity contribution in [1.29, 1.82) is 0 Å². The second-order valence-electron chi connectivity index (χ2n) is 4.04. The van der Waals surface area contributed by atoms with Crippen molar-refractivity contribution in [2.75, 3.05) is 7.11 Å². The Hall–Kier alpha value is -1.42. The minimum atomic E-state index is -0.466. The molecule has 3 nitrogen and oxygen atoms in total. The third-order valence-electron chi connectivity index (χ3n) is 3.13. The smallest absolute Gasteiger partial charge is 0.310 e. The van der Waals surface area contributed by atoms with E-state index in [9.17, 15) is 9.18 Å². The van der Waals surface area contributed by atoms with Crippen molar-refractivity contribution in [1.82, 2.24) is 0 Å². The molecule has 0 amide bonds. The van der Waals surface area contributed by atoms with Gasteiger partial charge in [-0.05, 0) is 36.1 Å². The Morgan fingerprint density at radius 2 is 2.31 bits per heavy atom. The third-order valence-corrected chi connectivity index (χ3v) is 3.13. The highest BCUT2D eigenvalue weighted by atomic mass is 19.1. The summed E-state index contributed by atoms with van der Waals surface area (Å²) in [7, 11) is 1.34. The zero-order chi connectivity index (χ0) is 11.7. The van der Waals surface area contributed by atoms with Crippen LogP contribution in [0, 0.1) is 11.7 Å². The Bertz CT molecular complexity index is 419. The van der Waals surface area contributed by atoms with E-state index in [2.05, 4.69) is 0 Å². The molecule has 2 rings (SSSR count). The number of ether oxygens (including phenoxy) is 1. The van der Waals surface area contributed by atoms with Gasteiger partial charge in [0.25, 0.3) is 0 Å². The van der Waals surface area contributed by atoms with Gasteiger partial charge in [0.1, 0.15) is 5.82 Å². The predicted molar refractivity (Wildman–Crippen MR) is 57.2 cm³/mol. The van der Waals surface area contributed by atoms with Crippen LogP contribution in [0.2, 0.25) is 0 Å². The van der Waals surface area contributed by atoms with Crippen molar-refractivity contribution in [3.63, 3.8) is 0 Å². The summed E-state index contributed by atoms with van der Waals surface area (Å²) in [5.41, 5.74) is 7.71. The van der Waals surface area contributed by atoms with Crippen molar-refractivity contribution in [2.24, 2.45) is 11.7 Å². The van der Waals surface area contributed by atoms with E-state index in [1.165, 1.54) is 19.2 Å². The molecule has 0 spiro atoms. The highest BCUT2D eigenvalue weighted by Crippen LogP contribution is 2.33. The Labute approximate surface area is 93.4 Å². The third kappa shape index (κ3) is 1.80. The molecule has 1 aromatic carbocycles. The fourth-order valence-corrected chi connectivity index (χ4v) is 2.23. The normalized spacial score (nSPS) is 23.7. The van der Waals surface area contributed by atoms with Crippen LogP contribution in [0.4, 0.5) is 4.39 Å². The van der Waals surface area contributed by atoms with Crippen molar-refractivity contribution >= 4 is 5.97 Å². The molecule has 16 heavy (non-hydrogen) atoms. The lowest BCUT2D eigenvalue weighted by Gasteiger charge is -2.29. The van der Waals surface area contributed by atoms with E-state index in [0.717, 1.165) is 17.5 Å². The van der Waals surface area contributed by atoms with Gasteiger partial charge in [-0.25, -0.2) is 4.39 Å². The molecule has 0 radical (unpaired) electrons. The van der Waals surface area contributed by atoms with Gasteiger partial charge in [-0.1, -0.05) is 6.07 Å². The first-order valence-electron chi connectivity index (χ1n) is 5.25. The van der Waals surface area contributed by atoms with Crippen LogP contribution in [0.5, 0.6) is 0 Å². The van der Waals surface area contributed by atoms with Crippen LogP contribution >= 0.6 is 0 Å². The number of benzene rings is 1. The summed E-state index contributed by atoms with van der Waals surface area (Å²) in [6.07, 6.45) is 1.40. The molecule has 0 saturated heterocycles. The van der Waals surface area contributed by atoms with Gasteiger partial charge in [-0.15, -0.1) is 0 Å². The van der Waals surface area contributed by atoms with Gasteiger partial charge < -0.3 is 10.5 Å². The number of aryl methyl sites for hydroxylation is 1. The van der Waals surface area contributed by atoms with E-state index in [0.29, 0.717) is 6.42 Å². The van der Waals surface area contributed by atoms with Crippen LogP contribution in [0.1, 0.15) is 23.6 Å². The van der Waals surface area contributed by atoms with Crippen molar-refractivity contribution in [3.05, 3.63) is 35.1 Å². The maximum atomic E-state index is 13.1. The molecule has 2 N–H and O–H groups in total. The predicted octanol–water partition coefficient (Wildman–Crippen LogP) is 1.56. The standard InChI is InChI=1S/C12H14FNO2/c1-16-12(15)9-5-3-7-2-4-8(13)6-10(7)11(9)14/h2,4,6,9,11H,3,5,14H2,1H3. The summed E-state index contributed by atoms with van der Waals surface area (Å²) in [6.45, 7) is 0. The molecular formula is C12H14FNO2. The van der Waals surface area contributed by atoms with E-state index in [-0.39, 0.29) is 17.7 Å². The Kier molecular flexibility index (Phi) is 2.92. The number of nitrogens with two attached hydrogens (primary N) is 1. The number of carbonyl (C=O) groups is 1. The molecule has 1 aliphatic carbocycles. The fourth-order valence-electron chi connectivity index (χ4n) is 2.23. The summed E-state index contributed by atoms with van der Waals surface area (Å²) >= 11 is 0. The van der Waals surface area contributed by atoms with Gasteiger partial charge in [-0.3, -0.25) is 4.79 Å². The number of halogens is 1. The van der Waals surface area contributed by atoms with E-state index in [4.69, 9.17) is 10.5 Å². The van der Waals surface area contributed by atoms with Gasteiger partial charge in [0.05, 0.1) is 13.0 Å². The fraction of sp³-hybridized carbons (Fsp3) is 0.417. The lowest BCUT2D eigenvalue weighted by atomic mass is 9.80. The van der Waals surface area contributed by atoms with Gasteiger partial charge in [-0.2, -0.15) is 0 Å². The number of esters is 1. The second-order valence-corrected chi connectivity index (χ2v) is 4.04. The van der Waals surface area contributed by atoms with Crippen LogP contribution in [0.3, 0.4) is 0 Å². The molecule has 4 heteroatoms. The molecule has 0 bridgehead atoms. The molecule has 0 aliphatic heterocycles. The van der Waals surface area contributed by atoms with E-state index in [1.807, 2.05) is 0 Å². The van der Waals surface area contributed by atoms with Crippen LogP contribution in [0.15, 0.2) is 18.2 Å². The Morgan fingerprint density at radius 3 is 3.00 bits per heavy atom. The minimum Gasteiger partial charge on any atom is -0.469 e. The zero-order valence-corrected chi connectivity index (χ0v) is 9.07. The summed E-state index contributed by atoms with van der Waals surface area (Å²) in [5.74, 6) is -0.999. The van der Waals surface area contributed by atoms with Crippen LogP contribution in [-0.2, 0) is 16.0 Å². The summed E-state index contributed by atoms with van der Waals surface area (Å²) < 4.78 is 17.8. The molecule has 1 aliphatic rings. The lowest BCUT2D eigenvalue weighted by Crippen LogP contribution is -2.33. The quantitative estimate of drug-likeness (QED) is 0.735. The number of methoxy groups -OCH3 is 1. The summed E-state index contributed by atoms with van der Waals surface area (Å²) in [4.78, 5) is 11.5. The number of hydrogen-bond donors (Lipinski definition) is 1. The maximum Gasteiger partial charge on any atom is 0.310 e. The molecule has 2 atom stereocenters. The van der Waals surface area contributed by atoms with Gasteiger partial charge in [0.2, 0.25) is 0 Å². The molecule has 0 fully saturated rings. The molecule has 0 saturated carbocycles. The van der Waals surface area contributed by atoms with Crippen LogP contribution in [0.25, 0.3) is 0 Å². The van der Waals surface area contributed by atoms with Gasteiger partial charge in [0, 0.05) is 6.04 Å². The number of fused-ring (bicyclic) bond motifs is 1. The Morgan fingerprint density at radius 1 is 1.56 bits per heavy atom. The van der Waals surface area contributed by atoms with Gasteiger partial charge in [0.15, 0.2) is 0 Å². The van der Waals surface area contributed by atoms with Gasteiger partial charge >= 0.3 is 5.97 Å². The lowest BCUT2D eigenvalue weighted by molar-refractivity contribution is -0.146. The van der Waals surface area contributed by atoms with E-state index in [1.54, 1.807) is 6.07 Å². The monoisotopic (exact) mass is 223 g/mol. The zero-order valence-electron chi connectivity index (χ0n) is 9.07. The van der Waals surface area contributed by atoms with Crippen molar-refractivity contribution in [3.8, 4) is 0 Å². The highest BCUT2D eigenvalue weighted by molar-refractivity contribution is 5.74. The van der Waals surface area contributed by atoms with Crippen LogP contribution < -0.4 is 5.73 Å². The Balaban J connectivity index is 2.34. The first-order valence-corrected chi connectivity index (χ1v) is 5.25. The number of carbonyl (C=O) groups excluding carboxylic acids is 1. The first kappa shape index (κ1) is 11.1. The first-order chi connectivity index (χ1) is 7.63. The topological polar surface area (TPSA) is 52.3 Å². The molecule has 0 heterocycles. The molecule has 86 valence electrons.